The van der Waals surface area contributed by atoms with E-state index in [2.05, 4.69) is 17.3 Å². The number of carbonyl (C=O) groups excluding carboxylic acids is 1. The maximum atomic E-state index is 13.6. The molecule has 0 atom stereocenters. The van der Waals surface area contributed by atoms with Crippen LogP contribution in [0.2, 0.25) is 0 Å². The summed E-state index contributed by atoms with van der Waals surface area (Å²) in [5.41, 5.74) is 0.632. The number of nitrogens with zero attached hydrogens (tertiary/aromatic N) is 1. The van der Waals surface area contributed by atoms with Crippen LogP contribution in [0, 0.1) is 11.6 Å². The summed E-state index contributed by atoms with van der Waals surface area (Å²) in [5, 5.41) is 2.71. The molecule has 31 heavy (non-hydrogen) atoms. The standard InChI is InChI=1S/C24H28F2N2O3/c1-28(19-10-13-30-14-11-19)12-15-31-20-5-2-4-18(16-20)17-27-24(29)9-8-21-22(25)6-3-7-23(21)26/h2-9,16,19H,10-15,17H2,1H3,(H,27,29)/b9-8+. The second kappa shape index (κ2) is 11.6. The number of hydrogen-bond donors (Lipinski definition) is 1. The highest BCUT2D eigenvalue weighted by molar-refractivity contribution is 5.91. The third kappa shape index (κ3) is 7.15. The zero-order valence-electron chi connectivity index (χ0n) is 17.7. The monoisotopic (exact) mass is 430 g/mol. The molecule has 7 heteroatoms. The highest BCUT2D eigenvalue weighted by atomic mass is 19.1. The number of nitrogens with one attached hydrogen (secondary N) is 1. The lowest BCUT2D eigenvalue weighted by Gasteiger charge is -2.31. The minimum absolute atomic E-state index is 0.237. The predicted octanol–water partition coefficient (Wildman–Crippen LogP) is 3.78. The number of halogens is 2. The number of hydrogen-bond acceptors (Lipinski definition) is 4. The van der Waals surface area contributed by atoms with Crippen molar-refractivity contribution in [3.8, 4) is 5.75 Å². The lowest BCUT2D eigenvalue weighted by molar-refractivity contribution is -0.116. The van der Waals surface area contributed by atoms with Gasteiger partial charge in [-0.1, -0.05) is 18.2 Å². The first-order valence-electron chi connectivity index (χ1n) is 10.4. The molecule has 1 aliphatic rings. The Morgan fingerprint density at radius 3 is 2.65 bits per heavy atom. The number of ether oxygens (including phenoxy) is 2. The van der Waals surface area contributed by atoms with E-state index in [9.17, 15) is 13.6 Å². The molecule has 0 radical (unpaired) electrons. The van der Waals surface area contributed by atoms with E-state index in [-0.39, 0.29) is 12.1 Å². The van der Waals surface area contributed by atoms with Crippen LogP contribution in [0.1, 0.15) is 24.0 Å². The van der Waals surface area contributed by atoms with Crippen LogP contribution in [-0.4, -0.2) is 50.3 Å². The van der Waals surface area contributed by atoms with Crippen LogP contribution in [-0.2, 0) is 16.1 Å². The average Bonchev–Trinajstić information content (AvgIpc) is 2.78. The van der Waals surface area contributed by atoms with Crippen LogP contribution in [0.25, 0.3) is 6.08 Å². The van der Waals surface area contributed by atoms with Crippen molar-refractivity contribution in [1.82, 2.24) is 10.2 Å². The molecule has 1 saturated heterocycles. The highest BCUT2D eigenvalue weighted by Gasteiger charge is 2.18. The molecule has 2 aromatic rings. The van der Waals surface area contributed by atoms with Crippen molar-refractivity contribution in [2.75, 3.05) is 33.4 Å². The van der Waals surface area contributed by atoms with Crippen LogP contribution in [0.4, 0.5) is 8.78 Å². The first kappa shape index (κ1) is 22.9. The SMILES string of the molecule is CN(CCOc1cccc(CNC(=O)/C=C/c2c(F)cccc2F)c1)C1CCOCC1. The van der Waals surface area contributed by atoms with Gasteiger partial charge in [-0.2, -0.15) is 0 Å². The largest absolute Gasteiger partial charge is 0.492 e. The van der Waals surface area contributed by atoms with E-state index < -0.39 is 17.5 Å². The summed E-state index contributed by atoms with van der Waals surface area (Å²) >= 11 is 0. The first-order chi connectivity index (χ1) is 15.0. The second-order valence-corrected chi connectivity index (χ2v) is 7.51. The fourth-order valence-electron chi connectivity index (χ4n) is 3.44. The van der Waals surface area contributed by atoms with E-state index in [4.69, 9.17) is 9.47 Å². The molecule has 5 nitrogen and oxygen atoms in total. The number of rotatable bonds is 9. The molecule has 0 aromatic heterocycles. The predicted molar refractivity (Wildman–Crippen MR) is 116 cm³/mol. The Kier molecular flexibility index (Phi) is 8.55. The van der Waals surface area contributed by atoms with Gasteiger partial charge in [-0.3, -0.25) is 9.69 Å². The van der Waals surface area contributed by atoms with E-state index in [1.807, 2.05) is 24.3 Å². The summed E-state index contributed by atoms with van der Waals surface area (Å²) in [6.45, 7) is 3.30. The molecule has 0 bridgehead atoms. The Bertz CT molecular complexity index is 878. The molecule has 1 N–H and O–H groups in total. The summed E-state index contributed by atoms with van der Waals surface area (Å²) in [6, 6.07) is 11.6. The first-order valence-corrected chi connectivity index (χ1v) is 10.4. The van der Waals surface area contributed by atoms with Crippen molar-refractivity contribution in [2.45, 2.75) is 25.4 Å². The summed E-state index contributed by atoms with van der Waals surface area (Å²) in [5.74, 6) is -1.13. The molecule has 0 saturated carbocycles. The lowest BCUT2D eigenvalue weighted by atomic mass is 10.1. The number of carbonyl (C=O) groups is 1. The van der Waals surface area contributed by atoms with Gasteiger partial charge in [-0.05, 0) is 55.8 Å². The zero-order valence-corrected chi connectivity index (χ0v) is 17.7. The topological polar surface area (TPSA) is 50.8 Å². The van der Waals surface area contributed by atoms with Gasteiger partial charge in [0.2, 0.25) is 5.91 Å². The second-order valence-electron chi connectivity index (χ2n) is 7.51. The summed E-state index contributed by atoms with van der Waals surface area (Å²) in [6.07, 6.45) is 4.34. The van der Waals surface area contributed by atoms with Crippen molar-refractivity contribution in [3.05, 3.63) is 71.3 Å². The molecule has 2 aromatic carbocycles. The van der Waals surface area contributed by atoms with Crippen molar-refractivity contribution in [1.29, 1.82) is 0 Å². The molecule has 3 rings (SSSR count). The Balaban J connectivity index is 1.44. The Hall–Kier alpha value is -2.77. The molecule has 166 valence electrons. The van der Waals surface area contributed by atoms with Gasteiger partial charge in [0.1, 0.15) is 24.0 Å². The van der Waals surface area contributed by atoms with Crippen LogP contribution in [0.3, 0.4) is 0 Å². The van der Waals surface area contributed by atoms with Gasteiger partial charge in [0.25, 0.3) is 0 Å². The molecular formula is C24H28F2N2O3. The van der Waals surface area contributed by atoms with Gasteiger partial charge >= 0.3 is 0 Å². The summed E-state index contributed by atoms with van der Waals surface area (Å²) in [4.78, 5) is 14.3. The van der Waals surface area contributed by atoms with E-state index in [0.29, 0.717) is 12.6 Å². The maximum absolute atomic E-state index is 13.6. The van der Waals surface area contributed by atoms with E-state index in [1.165, 1.54) is 6.07 Å². The molecule has 1 fully saturated rings. The van der Waals surface area contributed by atoms with Crippen molar-refractivity contribution < 1.29 is 23.0 Å². The Labute approximate surface area is 181 Å². The van der Waals surface area contributed by atoms with Crippen molar-refractivity contribution in [3.63, 3.8) is 0 Å². The maximum Gasteiger partial charge on any atom is 0.244 e. The lowest BCUT2D eigenvalue weighted by Crippen LogP contribution is -2.38. The highest BCUT2D eigenvalue weighted by Crippen LogP contribution is 2.16. The quantitative estimate of drug-likeness (QED) is 0.615. The average molecular weight is 430 g/mol. The van der Waals surface area contributed by atoms with Gasteiger partial charge in [0, 0.05) is 44.0 Å². The van der Waals surface area contributed by atoms with Gasteiger partial charge in [0.15, 0.2) is 0 Å². The zero-order chi connectivity index (χ0) is 22.1. The smallest absolute Gasteiger partial charge is 0.244 e. The van der Waals surface area contributed by atoms with Crippen LogP contribution < -0.4 is 10.1 Å². The normalized spacial score (nSPS) is 14.8. The van der Waals surface area contributed by atoms with Gasteiger partial charge in [-0.15, -0.1) is 0 Å². The van der Waals surface area contributed by atoms with Crippen LogP contribution in [0.15, 0.2) is 48.5 Å². The van der Waals surface area contributed by atoms with Gasteiger partial charge in [-0.25, -0.2) is 8.78 Å². The van der Waals surface area contributed by atoms with Crippen LogP contribution >= 0.6 is 0 Å². The van der Waals surface area contributed by atoms with Crippen molar-refractivity contribution >= 4 is 12.0 Å². The minimum atomic E-state index is -0.712. The summed E-state index contributed by atoms with van der Waals surface area (Å²) in [7, 11) is 2.10. The number of benzene rings is 2. The van der Waals surface area contributed by atoms with E-state index in [1.54, 1.807) is 0 Å². The molecule has 1 heterocycles. The Morgan fingerprint density at radius 2 is 1.90 bits per heavy atom. The Morgan fingerprint density at radius 1 is 1.19 bits per heavy atom. The fraction of sp³-hybridized carbons (Fsp3) is 0.375. The fourth-order valence-corrected chi connectivity index (χ4v) is 3.44. The molecule has 0 unspecified atom stereocenters. The van der Waals surface area contributed by atoms with Gasteiger partial charge in [0.05, 0.1) is 0 Å². The van der Waals surface area contributed by atoms with E-state index in [0.717, 1.165) is 68.2 Å². The number of likely N-dealkylation sites (N-methyl/N-ethyl adjacent to an activating group) is 1. The third-order valence-electron chi connectivity index (χ3n) is 5.29. The van der Waals surface area contributed by atoms with Crippen LogP contribution in [0.5, 0.6) is 5.75 Å². The molecule has 1 aliphatic heterocycles. The third-order valence-corrected chi connectivity index (χ3v) is 5.29. The molecular weight excluding hydrogens is 402 g/mol. The number of amides is 1. The van der Waals surface area contributed by atoms with Crippen molar-refractivity contribution in [2.24, 2.45) is 0 Å². The van der Waals surface area contributed by atoms with E-state index >= 15 is 0 Å². The minimum Gasteiger partial charge on any atom is -0.492 e. The molecule has 0 spiro atoms. The molecule has 0 aliphatic carbocycles. The summed E-state index contributed by atoms with van der Waals surface area (Å²) < 4.78 is 38.5. The molecule has 1 amide bonds. The van der Waals surface area contributed by atoms with Gasteiger partial charge < -0.3 is 14.8 Å².